The van der Waals surface area contributed by atoms with Crippen LogP contribution in [-0.4, -0.2) is 36.1 Å². The number of carbonyl (C=O) groups excluding carboxylic acids is 1. The van der Waals surface area contributed by atoms with Crippen LogP contribution in [0.4, 0.5) is 0 Å². The van der Waals surface area contributed by atoms with Gasteiger partial charge in [-0.1, -0.05) is 43.3 Å². The number of fused-ring (bicyclic) bond motifs is 2. The number of benzene rings is 2. The minimum atomic E-state index is -0.524. The number of nitrogens with one attached hydrogen (secondary N) is 1. The van der Waals surface area contributed by atoms with Crippen LogP contribution in [0.1, 0.15) is 31.5 Å². The van der Waals surface area contributed by atoms with Gasteiger partial charge in [0.25, 0.3) is 5.91 Å². The highest BCUT2D eigenvalue weighted by Gasteiger charge is 2.35. The number of unbranched alkanes of at least 4 members (excludes halogenated alkanes) is 1. The average molecular weight is 425 g/mol. The first-order valence-corrected chi connectivity index (χ1v) is 10.9. The molecule has 2 aromatic carbocycles. The molecule has 0 aliphatic carbocycles. The molecule has 0 saturated heterocycles. The predicted molar refractivity (Wildman–Crippen MR) is 118 cm³/mol. The Balaban J connectivity index is 1.86. The van der Waals surface area contributed by atoms with E-state index in [-0.39, 0.29) is 5.91 Å². The standard InChI is InChI=1S/C22H24N4O3S/c1-4-5-12-30-22-24-21(27)19-15-8-6-7-9-17(15)23-20(26(19)25-22)16-11-10-14(28-2)13-18(16)29-3/h6-11,13,20H,4-5,12H2,1-3H3,(H,24,25,27). The third-order valence-corrected chi connectivity index (χ3v) is 5.92. The zero-order valence-electron chi connectivity index (χ0n) is 17.2. The summed E-state index contributed by atoms with van der Waals surface area (Å²) >= 11 is 1.55. The van der Waals surface area contributed by atoms with Gasteiger partial charge in [0.05, 0.1) is 19.6 Å². The van der Waals surface area contributed by atoms with Crippen molar-refractivity contribution in [2.75, 3.05) is 20.0 Å². The van der Waals surface area contributed by atoms with Gasteiger partial charge in [-0.05, 0) is 24.6 Å². The lowest BCUT2D eigenvalue weighted by Gasteiger charge is -2.34. The summed E-state index contributed by atoms with van der Waals surface area (Å²) < 4.78 is 10.9. The van der Waals surface area contributed by atoms with E-state index in [9.17, 15) is 4.79 Å². The molecule has 0 saturated carbocycles. The Labute approximate surface area is 179 Å². The molecule has 1 atom stereocenters. The molecule has 0 aromatic heterocycles. The summed E-state index contributed by atoms with van der Waals surface area (Å²) in [5, 5.41) is 11.5. The molecule has 0 radical (unpaired) electrons. The Kier molecular flexibility index (Phi) is 5.94. The number of methoxy groups -OCH3 is 2. The molecule has 1 unspecified atom stereocenters. The quantitative estimate of drug-likeness (QED) is 0.721. The maximum atomic E-state index is 13.1. The second kappa shape index (κ2) is 8.79. The maximum Gasteiger partial charge on any atom is 0.276 e. The molecule has 2 aliphatic rings. The highest BCUT2D eigenvalue weighted by molar-refractivity contribution is 8.13. The van der Waals surface area contributed by atoms with Crippen LogP contribution in [0.5, 0.6) is 11.5 Å². The van der Waals surface area contributed by atoms with E-state index in [1.165, 1.54) is 0 Å². The fourth-order valence-corrected chi connectivity index (χ4v) is 4.38. The highest BCUT2D eigenvalue weighted by Crippen LogP contribution is 2.37. The third kappa shape index (κ3) is 3.75. The zero-order valence-corrected chi connectivity index (χ0v) is 18.0. The lowest BCUT2D eigenvalue weighted by molar-refractivity contribution is -0.116. The molecule has 8 heteroatoms. The number of para-hydroxylation sites is 1. The molecule has 0 spiro atoms. The lowest BCUT2D eigenvalue weighted by Crippen LogP contribution is -2.50. The molecule has 0 fully saturated rings. The molecular weight excluding hydrogens is 400 g/mol. The third-order valence-electron chi connectivity index (χ3n) is 4.97. The van der Waals surface area contributed by atoms with Crippen molar-refractivity contribution in [3.05, 3.63) is 58.6 Å². The summed E-state index contributed by atoms with van der Waals surface area (Å²) in [5.41, 5.74) is 1.30. The van der Waals surface area contributed by atoms with Gasteiger partial charge in [0.1, 0.15) is 17.2 Å². The van der Waals surface area contributed by atoms with E-state index in [1.54, 1.807) is 31.0 Å². The first-order chi connectivity index (χ1) is 14.7. The summed E-state index contributed by atoms with van der Waals surface area (Å²) in [5.74, 6) is 2.03. The molecule has 2 aromatic rings. The lowest BCUT2D eigenvalue weighted by atomic mass is 10.1. The molecule has 7 nitrogen and oxygen atoms in total. The van der Waals surface area contributed by atoms with Crippen LogP contribution in [-0.2, 0) is 4.79 Å². The number of nitrogens with zero attached hydrogens (tertiary/aromatic N) is 3. The predicted octanol–water partition coefficient (Wildman–Crippen LogP) is 2.38. The van der Waals surface area contributed by atoms with Crippen LogP contribution in [0.3, 0.4) is 0 Å². The Hall–Kier alpha value is -3.00. The highest BCUT2D eigenvalue weighted by atomic mass is 32.2. The topological polar surface area (TPSA) is 75.5 Å². The van der Waals surface area contributed by atoms with Crippen LogP contribution >= 0.6 is 11.8 Å². The van der Waals surface area contributed by atoms with Crippen molar-refractivity contribution in [2.45, 2.75) is 25.9 Å². The fraction of sp³-hybridized carbons (Fsp3) is 0.318. The Morgan fingerprint density at radius 2 is 2.00 bits per heavy atom. The first kappa shape index (κ1) is 20.3. The van der Waals surface area contributed by atoms with Gasteiger partial charge in [-0.3, -0.25) is 15.1 Å². The monoisotopic (exact) mass is 424 g/mol. The summed E-state index contributed by atoms with van der Waals surface area (Å²) in [6.07, 6.45) is 1.62. The van der Waals surface area contributed by atoms with Gasteiger partial charge >= 0.3 is 0 Å². The number of hydrazone groups is 1. The molecule has 4 rings (SSSR count). The number of thioether (sulfide) groups is 1. The molecule has 1 amide bonds. The summed E-state index contributed by atoms with van der Waals surface area (Å²) in [7, 11) is 3.22. The van der Waals surface area contributed by atoms with Crippen molar-refractivity contribution < 1.29 is 14.3 Å². The van der Waals surface area contributed by atoms with E-state index in [0.29, 0.717) is 22.4 Å². The van der Waals surface area contributed by atoms with Crippen LogP contribution in [0, 0.1) is 0 Å². The molecular formula is C22H24N4O3S. The number of carbonyl (C=O) groups is 1. The zero-order chi connectivity index (χ0) is 21.1. The number of ether oxygens (including phenoxy) is 2. The summed E-state index contributed by atoms with van der Waals surface area (Å²) in [6, 6.07) is 13.2. The number of hydrogen-bond donors (Lipinski definition) is 1. The van der Waals surface area contributed by atoms with Crippen LogP contribution in [0.15, 0.2) is 52.6 Å². The summed E-state index contributed by atoms with van der Waals surface area (Å²) in [4.78, 5) is 18.0. The van der Waals surface area contributed by atoms with E-state index >= 15 is 0 Å². The van der Waals surface area contributed by atoms with E-state index in [2.05, 4.69) is 12.2 Å². The normalized spacial score (nSPS) is 17.4. The van der Waals surface area contributed by atoms with Crippen molar-refractivity contribution in [3.63, 3.8) is 0 Å². The molecule has 1 N–H and O–H groups in total. The molecule has 2 heterocycles. The molecule has 30 heavy (non-hydrogen) atoms. The van der Waals surface area contributed by atoms with Gasteiger partial charge in [0.15, 0.2) is 11.3 Å². The van der Waals surface area contributed by atoms with Crippen molar-refractivity contribution >= 4 is 28.5 Å². The first-order valence-electron chi connectivity index (χ1n) is 9.87. The van der Waals surface area contributed by atoms with E-state index in [1.807, 2.05) is 42.5 Å². The van der Waals surface area contributed by atoms with Gasteiger partial charge < -0.3 is 9.47 Å². The maximum absolute atomic E-state index is 13.1. The second-order valence-electron chi connectivity index (χ2n) is 6.88. The molecule has 156 valence electrons. The molecule has 0 bridgehead atoms. The Morgan fingerprint density at radius 3 is 2.77 bits per heavy atom. The van der Waals surface area contributed by atoms with E-state index in [4.69, 9.17) is 19.6 Å². The minimum Gasteiger partial charge on any atom is -0.497 e. The van der Waals surface area contributed by atoms with Crippen molar-refractivity contribution in [1.82, 2.24) is 10.3 Å². The van der Waals surface area contributed by atoms with Crippen LogP contribution < -0.4 is 25.4 Å². The SMILES string of the molecule is CCCCSC1=NN2C(=c3ccccc3=NC2c2ccc(OC)cc2OC)C(=O)N1. The summed E-state index contributed by atoms with van der Waals surface area (Å²) in [6.45, 7) is 2.14. The smallest absolute Gasteiger partial charge is 0.276 e. The van der Waals surface area contributed by atoms with Crippen LogP contribution in [0.25, 0.3) is 5.70 Å². The van der Waals surface area contributed by atoms with Gasteiger partial charge in [0, 0.05) is 22.6 Å². The largest absolute Gasteiger partial charge is 0.497 e. The van der Waals surface area contributed by atoms with Gasteiger partial charge in [-0.2, -0.15) is 0 Å². The minimum absolute atomic E-state index is 0.177. The number of amidine groups is 1. The Morgan fingerprint density at radius 1 is 1.17 bits per heavy atom. The van der Waals surface area contributed by atoms with E-state index < -0.39 is 6.17 Å². The average Bonchev–Trinajstić information content (AvgIpc) is 2.78. The molecule has 2 aliphatic heterocycles. The number of hydrogen-bond acceptors (Lipinski definition) is 7. The van der Waals surface area contributed by atoms with E-state index in [0.717, 1.165) is 34.7 Å². The second-order valence-corrected chi connectivity index (χ2v) is 7.97. The number of amides is 1. The van der Waals surface area contributed by atoms with Crippen LogP contribution in [0.2, 0.25) is 0 Å². The van der Waals surface area contributed by atoms with Crippen molar-refractivity contribution in [3.8, 4) is 11.5 Å². The fourth-order valence-electron chi connectivity index (χ4n) is 3.44. The van der Waals surface area contributed by atoms with Gasteiger partial charge in [0.2, 0.25) is 0 Å². The van der Waals surface area contributed by atoms with Crippen molar-refractivity contribution in [2.24, 2.45) is 10.1 Å². The Bertz CT molecular complexity index is 1120. The van der Waals surface area contributed by atoms with Gasteiger partial charge in [-0.15, -0.1) is 5.10 Å². The number of rotatable bonds is 6. The van der Waals surface area contributed by atoms with Gasteiger partial charge in [-0.25, -0.2) is 5.01 Å². The van der Waals surface area contributed by atoms with Crippen molar-refractivity contribution in [1.29, 1.82) is 0 Å².